The highest BCUT2D eigenvalue weighted by Gasteiger charge is 2.17. The third-order valence-corrected chi connectivity index (χ3v) is 3.85. The Morgan fingerprint density at radius 1 is 1.44 bits per heavy atom. The molecule has 1 fully saturated rings. The van der Waals surface area contributed by atoms with Gasteiger partial charge in [-0.15, -0.1) is 0 Å². The molecule has 0 spiro atoms. The number of ether oxygens (including phenoxy) is 1. The van der Waals surface area contributed by atoms with Crippen molar-refractivity contribution in [3.05, 3.63) is 27.2 Å². The van der Waals surface area contributed by atoms with E-state index in [2.05, 4.69) is 21.2 Å². The minimum atomic E-state index is -0.126. The number of halogens is 2. The molecule has 1 saturated heterocycles. The van der Waals surface area contributed by atoms with Crippen LogP contribution in [0.25, 0.3) is 0 Å². The molecule has 0 atom stereocenters. The van der Waals surface area contributed by atoms with Gasteiger partial charge in [0.1, 0.15) is 0 Å². The fourth-order valence-electron chi connectivity index (χ4n) is 1.70. The number of benzene rings is 1. The molecule has 6 heteroatoms. The van der Waals surface area contributed by atoms with Crippen LogP contribution in [-0.2, 0) is 4.74 Å². The molecule has 1 heterocycles. The topological polar surface area (TPSA) is 41.6 Å². The molecule has 0 unspecified atom stereocenters. The molecular formula is C12H14BrClN2O2. The van der Waals surface area contributed by atoms with Gasteiger partial charge in [0, 0.05) is 22.6 Å². The van der Waals surface area contributed by atoms with Gasteiger partial charge in [-0.1, -0.05) is 11.6 Å². The average Bonchev–Trinajstić information content (AvgIpc) is 2.37. The molecule has 0 aromatic heterocycles. The molecule has 98 valence electrons. The number of amides is 2. The Morgan fingerprint density at radius 3 is 2.78 bits per heavy atom. The number of anilines is 1. The van der Waals surface area contributed by atoms with Crippen molar-refractivity contribution in [1.29, 1.82) is 0 Å². The van der Waals surface area contributed by atoms with Crippen LogP contribution in [0.2, 0.25) is 5.02 Å². The fraction of sp³-hybridized carbons (Fsp3) is 0.417. The lowest BCUT2D eigenvalue weighted by atomic mass is 10.2. The minimum absolute atomic E-state index is 0.126. The lowest BCUT2D eigenvalue weighted by molar-refractivity contribution is 0.0564. The number of aryl methyl sites for hydroxylation is 1. The summed E-state index contributed by atoms with van der Waals surface area (Å²) >= 11 is 9.47. The first-order chi connectivity index (χ1) is 8.58. The quantitative estimate of drug-likeness (QED) is 0.857. The van der Waals surface area contributed by atoms with E-state index in [1.54, 1.807) is 11.0 Å². The summed E-state index contributed by atoms with van der Waals surface area (Å²) in [7, 11) is 0. The molecule has 0 aliphatic carbocycles. The molecule has 1 aromatic rings. The maximum absolute atomic E-state index is 12.0. The summed E-state index contributed by atoms with van der Waals surface area (Å²) in [5.41, 5.74) is 1.65. The number of carbonyl (C=O) groups excluding carboxylic acids is 1. The Bertz CT molecular complexity index is 462. The van der Waals surface area contributed by atoms with E-state index < -0.39 is 0 Å². The van der Waals surface area contributed by atoms with Crippen LogP contribution in [0.4, 0.5) is 10.5 Å². The lowest BCUT2D eigenvalue weighted by Gasteiger charge is -2.27. The van der Waals surface area contributed by atoms with E-state index in [0.29, 0.717) is 37.0 Å². The monoisotopic (exact) mass is 332 g/mol. The summed E-state index contributed by atoms with van der Waals surface area (Å²) in [5, 5.41) is 3.48. The number of hydrogen-bond donors (Lipinski definition) is 1. The summed E-state index contributed by atoms with van der Waals surface area (Å²) in [4.78, 5) is 13.7. The molecule has 2 rings (SSSR count). The highest BCUT2D eigenvalue weighted by atomic mass is 79.9. The third kappa shape index (κ3) is 3.16. The van der Waals surface area contributed by atoms with Crippen LogP contribution in [0.3, 0.4) is 0 Å². The number of hydrogen-bond acceptors (Lipinski definition) is 2. The Labute approximate surface area is 119 Å². The van der Waals surface area contributed by atoms with E-state index in [4.69, 9.17) is 16.3 Å². The first kappa shape index (κ1) is 13.6. The van der Waals surface area contributed by atoms with Crippen molar-refractivity contribution < 1.29 is 9.53 Å². The van der Waals surface area contributed by atoms with Gasteiger partial charge in [-0.25, -0.2) is 4.79 Å². The first-order valence-corrected chi connectivity index (χ1v) is 6.84. The molecule has 1 N–H and O–H groups in total. The summed E-state index contributed by atoms with van der Waals surface area (Å²) < 4.78 is 6.03. The molecular weight excluding hydrogens is 320 g/mol. The molecule has 0 bridgehead atoms. The molecule has 4 nitrogen and oxygen atoms in total. The number of urea groups is 1. The van der Waals surface area contributed by atoms with Gasteiger partial charge < -0.3 is 15.0 Å². The van der Waals surface area contributed by atoms with Crippen molar-refractivity contribution in [2.24, 2.45) is 0 Å². The predicted octanol–water partition coefficient (Wildman–Crippen LogP) is 3.28. The van der Waals surface area contributed by atoms with Crippen LogP contribution in [0.5, 0.6) is 0 Å². The summed E-state index contributed by atoms with van der Waals surface area (Å²) in [6, 6.07) is 3.51. The second kappa shape index (κ2) is 5.91. The van der Waals surface area contributed by atoms with Crippen molar-refractivity contribution >= 4 is 39.2 Å². The Morgan fingerprint density at radius 2 is 2.11 bits per heavy atom. The standard InChI is InChI=1S/C12H14BrClN2O2/c1-8-6-9(13)11(7-10(8)14)15-12(17)16-2-4-18-5-3-16/h6-7H,2-5H2,1H3,(H,15,17). The second-order valence-corrected chi connectivity index (χ2v) is 5.37. The van der Waals surface area contributed by atoms with E-state index in [9.17, 15) is 4.79 Å². The SMILES string of the molecule is Cc1cc(Br)c(NC(=O)N2CCOCC2)cc1Cl. The lowest BCUT2D eigenvalue weighted by Crippen LogP contribution is -2.43. The van der Waals surface area contributed by atoms with Gasteiger partial charge in [-0.05, 0) is 40.5 Å². The van der Waals surface area contributed by atoms with E-state index in [1.807, 2.05) is 13.0 Å². The van der Waals surface area contributed by atoms with Crippen LogP contribution < -0.4 is 5.32 Å². The molecule has 1 aliphatic heterocycles. The number of rotatable bonds is 1. The first-order valence-electron chi connectivity index (χ1n) is 5.67. The molecule has 0 radical (unpaired) electrons. The molecule has 2 amide bonds. The zero-order valence-corrected chi connectivity index (χ0v) is 12.3. The smallest absolute Gasteiger partial charge is 0.322 e. The Balaban J connectivity index is 2.08. The maximum Gasteiger partial charge on any atom is 0.322 e. The van der Waals surface area contributed by atoms with Crippen LogP contribution in [-0.4, -0.2) is 37.2 Å². The molecule has 0 saturated carbocycles. The van der Waals surface area contributed by atoms with E-state index in [-0.39, 0.29) is 6.03 Å². The van der Waals surface area contributed by atoms with Crippen molar-refractivity contribution in [2.45, 2.75) is 6.92 Å². The van der Waals surface area contributed by atoms with E-state index >= 15 is 0 Å². The fourth-order valence-corrected chi connectivity index (χ4v) is 2.42. The van der Waals surface area contributed by atoms with Crippen molar-refractivity contribution in [3.63, 3.8) is 0 Å². The largest absolute Gasteiger partial charge is 0.378 e. The van der Waals surface area contributed by atoms with Gasteiger partial charge in [-0.2, -0.15) is 0 Å². The number of carbonyl (C=O) groups is 1. The third-order valence-electron chi connectivity index (χ3n) is 2.79. The van der Waals surface area contributed by atoms with Gasteiger partial charge in [-0.3, -0.25) is 0 Å². The molecule has 18 heavy (non-hydrogen) atoms. The van der Waals surface area contributed by atoms with Gasteiger partial charge >= 0.3 is 6.03 Å². The van der Waals surface area contributed by atoms with Gasteiger partial charge in [0.15, 0.2) is 0 Å². The van der Waals surface area contributed by atoms with Crippen molar-refractivity contribution in [2.75, 3.05) is 31.6 Å². The Kier molecular flexibility index (Phi) is 4.48. The maximum atomic E-state index is 12.0. The van der Waals surface area contributed by atoms with Crippen LogP contribution in [0, 0.1) is 6.92 Å². The highest BCUT2D eigenvalue weighted by Crippen LogP contribution is 2.29. The zero-order valence-electron chi connectivity index (χ0n) is 10.0. The Hall–Kier alpha value is -0.780. The second-order valence-electron chi connectivity index (χ2n) is 4.11. The van der Waals surface area contributed by atoms with E-state index in [0.717, 1.165) is 10.0 Å². The van der Waals surface area contributed by atoms with Gasteiger partial charge in [0.05, 0.1) is 18.9 Å². The number of nitrogens with zero attached hydrogens (tertiary/aromatic N) is 1. The number of morpholine rings is 1. The predicted molar refractivity (Wildman–Crippen MR) is 75.3 cm³/mol. The zero-order chi connectivity index (χ0) is 13.1. The summed E-state index contributed by atoms with van der Waals surface area (Å²) in [6.45, 7) is 4.32. The van der Waals surface area contributed by atoms with Crippen LogP contribution in [0.1, 0.15) is 5.56 Å². The normalized spacial score (nSPS) is 15.6. The molecule has 1 aliphatic rings. The van der Waals surface area contributed by atoms with Gasteiger partial charge in [0.2, 0.25) is 0 Å². The summed E-state index contributed by atoms with van der Waals surface area (Å²) in [5.74, 6) is 0. The molecule has 1 aromatic carbocycles. The van der Waals surface area contributed by atoms with Gasteiger partial charge in [0.25, 0.3) is 0 Å². The highest BCUT2D eigenvalue weighted by molar-refractivity contribution is 9.10. The average molecular weight is 334 g/mol. The number of nitrogens with one attached hydrogen (secondary N) is 1. The van der Waals surface area contributed by atoms with Crippen molar-refractivity contribution in [3.8, 4) is 0 Å². The minimum Gasteiger partial charge on any atom is -0.378 e. The van der Waals surface area contributed by atoms with Crippen molar-refractivity contribution in [1.82, 2.24) is 4.90 Å². The summed E-state index contributed by atoms with van der Waals surface area (Å²) in [6.07, 6.45) is 0. The van der Waals surface area contributed by atoms with Crippen LogP contribution >= 0.6 is 27.5 Å². The van der Waals surface area contributed by atoms with Crippen LogP contribution in [0.15, 0.2) is 16.6 Å². The van der Waals surface area contributed by atoms with E-state index in [1.165, 1.54) is 0 Å².